The van der Waals surface area contributed by atoms with Crippen LogP contribution in [-0.2, 0) is 4.79 Å². The van der Waals surface area contributed by atoms with Crippen LogP contribution in [-0.4, -0.2) is 34.4 Å². The largest absolute Gasteiger partial charge is 0.506 e. The molecule has 110 valence electrons. The third-order valence-electron chi connectivity index (χ3n) is 3.34. The highest BCUT2D eigenvalue weighted by molar-refractivity contribution is 6.04. The molecule has 0 saturated heterocycles. The van der Waals surface area contributed by atoms with Crippen LogP contribution in [0.15, 0.2) is 36.4 Å². The Hall–Kier alpha value is -2.56. The number of amides is 2. The van der Waals surface area contributed by atoms with Crippen LogP contribution in [0.3, 0.4) is 0 Å². The monoisotopic (exact) mass is 286 g/mol. The Morgan fingerprint density at radius 3 is 2.48 bits per heavy atom. The summed E-state index contributed by atoms with van der Waals surface area (Å²) in [5.74, 6) is -1.07. The van der Waals surface area contributed by atoms with E-state index in [-0.39, 0.29) is 23.9 Å². The number of aromatic hydroxyl groups is 1. The number of hydrogen-bond donors (Lipinski definition) is 2. The first-order valence-electron chi connectivity index (χ1n) is 6.71. The molecule has 0 unspecified atom stereocenters. The summed E-state index contributed by atoms with van der Waals surface area (Å²) >= 11 is 0. The van der Waals surface area contributed by atoms with Gasteiger partial charge in [-0.05, 0) is 25.3 Å². The van der Waals surface area contributed by atoms with Gasteiger partial charge < -0.3 is 15.7 Å². The summed E-state index contributed by atoms with van der Waals surface area (Å²) in [6, 6.07) is 10.4. The fourth-order valence-corrected chi connectivity index (χ4v) is 2.24. The molecule has 0 aliphatic heterocycles. The van der Waals surface area contributed by atoms with Crippen molar-refractivity contribution in [2.75, 3.05) is 6.54 Å². The van der Waals surface area contributed by atoms with Crippen LogP contribution in [0.2, 0.25) is 0 Å². The second kappa shape index (κ2) is 5.83. The van der Waals surface area contributed by atoms with Gasteiger partial charge in [-0.3, -0.25) is 9.59 Å². The number of phenolic OH excluding ortho intramolecular Hbond substituents is 1. The Balaban J connectivity index is 2.47. The van der Waals surface area contributed by atoms with Crippen molar-refractivity contribution in [3.8, 4) is 5.75 Å². The van der Waals surface area contributed by atoms with Crippen molar-refractivity contribution >= 4 is 22.6 Å². The number of nitrogens with two attached hydrogens (primary N) is 1. The van der Waals surface area contributed by atoms with E-state index in [1.807, 2.05) is 12.1 Å². The van der Waals surface area contributed by atoms with Crippen molar-refractivity contribution in [3.05, 3.63) is 42.0 Å². The summed E-state index contributed by atoms with van der Waals surface area (Å²) in [5.41, 5.74) is 5.35. The van der Waals surface area contributed by atoms with E-state index in [1.54, 1.807) is 38.1 Å². The van der Waals surface area contributed by atoms with Gasteiger partial charge >= 0.3 is 0 Å². The molecule has 0 bridgehead atoms. The van der Waals surface area contributed by atoms with E-state index in [0.29, 0.717) is 5.39 Å². The number of rotatable bonds is 4. The van der Waals surface area contributed by atoms with E-state index in [2.05, 4.69) is 0 Å². The third-order valence-corrected chi connectivity index (χ3v) is 3.34. The second-order valence-electron chi connectivity index (χ2n) is 5.18. The lowest BCUT2D eigenvalue weighted by Crippen LogP contribution is -2.42. The summed E-state index contributed by atoms with van der Waals surface area (Å²) in [4.78, 5) is 25.0. The van der Waals surface area contributed by atoms with Gasteiger partial charge in [-0.15, -0.1) is 0 Å². The van der Waals surface area contributed by atoms with Crippen LogP contribution >= 0.6 is 0 Å². The number of phenols is 1. The number of hydrogen-bond acceptors (Lipinski definition) is 3. The number of carbonyl (C=O) groups excluding carboxylic acids is 2. The lowest BCUT2D eigenvalue weighted by atomic mass is 10.0. The highest BCUT2D eigenvalue weighted by Gasteiger charge is 2.23. The number of fused-ring (bicyclic) bond motifs is 1. The van der Waals surface area contributed by atoms with E-state index in [0.717, 1.165) is 5.39 Å². The predicted octanol–water partition coefficient (Wildman–Crippen LogP) is 1.88. The van der Waals surface area contributed by atoms with Gasteiger partial charge in [0.2, 0.25) is 5.91 Å². The van der Waals surface area contributed by atoms with E-state index >= 15 is 0 Å². The topological polar surface area (TPSA) is 83.6 Å². The molecule has 2 aromatic carbocycles. The predicted molar refractivity (Wildman–Crippen MR) is 81.0 cm³/mol. The standard InChI is InChI=1S/C16H18N2O3/c1-10(2)18(9-14(17)19)16(21)13-8-7-11-5-3-4-6-12(11)15(13)20/h3-8,10,20H,9H2,1-2H3,(H2,17,19). The maximum Gasteiger partial charge on any atom is 0.258 e. The molecular weight excluding hydrogens is 268 g/mol. The van der Waals surface area contributed by atoms with E-state index in [9.17, 15) is 14.7 Å². The number of primary amides is 1. The molecule has 0 radical (unpaired) electrons. The lowest BCUT2D eigenvalue weighted by molar-refractivity contribution is -0.119. The quantitative estimate of drug-likeness (QED) is 0.900. The van der Waals surface area contributed by atoms with Gasteiger partial charge in [0, 0.05) is 11.4 Å². The average Bonchev–Trinajstić information content (AvgIpc) is 2.44. The zero-order valence-electron chi connectivity index (χ0n) is 12.0. The summed E-state index contributed by atoms with van der Waals surface area (Å²) in [6.45, 7) is 3.40. The fourth-order valence-electron chi connectivity index (χ4n) is 2.24. The zero-order valence-corrected chi connectivity index (χ0v) is 12.0. The van der Waals surface area contributed by atoms with Gasteiger partial charge in [-0.2, -0.15) is 0 Å². The Bertz CT molecular complexity index is 695. The first kappa shape index (κ1) is 14.8. The number of benzene rings is 2. The molecule has 21 heavy (non-hydrogen) atoms. The smallest absolute Gasteiger partial charge is 0.258 e. The second-order valence-corrected chi connectivity index (χ2v) is 5.18. The SMILES string of the molecule is CC(C)N(CC(N)=O)C(=O)c1ccc2ccccc2c1O. The normalized spacial score (nSPS) is 10.8. The van der Waals surface area contributed by atoms with Gasteiger partial charge in [0.1, 0.15) is 5.75 Å². The van der Waals surface area contributed by atoms with Crippen molar-refractivity contribution < 1.29 is 14.7 Å². The van der Waals surface area contributed by atoms with Crippen LogP contribution in [0, 0.1) is 0 Å². The van der Waals surface area contributed by atoms with Gasteiger partial charge in [0.15, 0.2) is 0 Å². The summed E-state index contributed by atoms with van der Waals surface area (Å²) in [5, 5.41) is 11.8. The summed E-state index contributed by atoms with van der Waals surface area (Å²) in [7, 11) is 0. The zero-order chi connectivity index (χ0) is 15.6. The van der Waals surface area contributed by atoms with Crippen molar-refractivity contribution in [1.82, 2.24) is 4.90 Å². The highest BCUT2D eigenvalue weighted by Crippen LogP contribution is 2.29. The van der Waals surface area contributed by atoms with Gasteiger partial charge in [-0.25, -0.2) is 0 Å². The highest BCUT2D eigenvalue weighted by atomic mass is 16.3. The number of carbonyl (C=O) groups is 2. The fraction of sp³-hybridized carbons (Fsp3) is 0.250. The molecule has 0 fully saturated rings. The summed E-state index contributed by atoms with van der Waals surface area (Å²) in [6.07, 6.45) is 0. The van der Waals surface area contributed by atoms with E-state index in [1.165, 1.54) is 4.90 Å². The molecular formula is C16H18N2O3. The first-order valence-corrected chi connectivity index (χ1v) is 6.71. The minimum Gasteiger partial charge on any atom is -0.506 e. The molecule has 0 aromatic heterocycles. The third kappa shape index (κ3) is 2.97. The Kier molecular flexibility index (Phi) is 4.12. The maximum atomic E-state index is 12.5. The Labute approximate surface area is 123 Å². The van der Waals surface area contributed by atoms with Crippen LogP contribution in [0.25, 0.3) is 10.8 Å². The maximum absolute atomic E-state index is 12.5. The molecule has 5 nitrogen and oxygen atoms in total. The van der Waals surface area contributed by atoms with Crippen molar-refractivity contribution in [2.45, 2.75) is 19.9 Å². The van der Waals surface area contributed by atoms with Crippen LogP contribution in [0.1, 0.15) is 24.2 Å². The van der Waals surface area contributed by atoms with Crippen molar-refractivity contribution in [2.24, 2.45) is 5.73 Å². The van der Waals surface area contributed by atoms with Crippen molar-refractivity contribution in [3.63, 3.8) is 0 Å². The van der Waals surface area contributed by atoms with Crippen LogP contribution in [0.5, 0.6) is 5.75 Å². The molecule has 5 heteroatoms. The van der Waals surface area contributed by atoms with Gasteiger partial charge in [0.25, 0.3) is 5.91 Å². The molecule has 0 atom stereocenters. The van der Waals surface area contributed by atoms with E-state index in [4.69, 9.17) is 5.73 Å². The molecule has 0 saturated carbocycles. The summed E-state index contributed by atoms with van der Waals surface area (Å²) < 4.78 is 0. The molecule has 0 aliphatic carbocycles. The molecule has 3 N–H and O–H groups in total. The average molecular weight is 286 g/mol. The van der Waals surface area contributed by atoms with Crippen molar-refractivity contribution in [1.29, 1.82) is 0 Å². The van der Waals surface area contributed by atoms with Gasteiger partial charge in [0.05, 0.1) is 12.1 Å². The molecule has 2 amide bonds. The first-order chi connectivity index (χ1) is 9.91. The molecule has 2 aromatic rings. The molecule has 0 heterocycles. The molecule has 2 rings (SSSR count). The molecule has 0 aliphatic rings. The molecule has 0 spiro atoms. The minimum atomic E-state index is -0.586. The van der Waals surface area contributed by atoms with Crippen LogP contribution in [0.4, 0.5) is 0 Å². The minimum absolute atomic E-state index is 0.0757. The van der Waals surface area contributed by atoms with Crippen LogP contribution < -0.4 is 5.73 Å². The van der Waals surface area contributed by atoms with E-state index < -0.39 is 11.8 Å². The lowest BCUT2D eigenvalue weighted by Gasteiger charge is -2.25. The number of nitrogens with zero attached hydrogens (tertiary/aromatic N) is 1. The Morgan fingerprint density at radius 1 is 1.19 bits per heavy atom. The van der Waals surface area contributed by atoms with Gasteiger partial charge in [-0.1, -0.05) is 30.3 Å². The Morgan fingerprint density at radius 2 is 1.86 bits per heavy atom.